The van der Waals surface area contributed by atoms with Crippen molar-refractivity contribution in [2.75, 3.05) is 28.6 Å². The fraction of sp³-hybridized carbons (Fsp3) is 0.346. The minimum atomic E-state index is -3.33. The molecule has 0 saturated heterocycles. The lowest BCUT2D eigenvalue weighted by atomic mass is 10.1. The van der Waals surface area contributed by atoms with Crippen LogP contribution in [0, 0.1) is 6.92 Å². The summed E-state index contributed by atoms with van der Waals surface area (Å²) in [6.45, 7) is 11.1. The van der Waals surface area contributed by atoms with E-state index in [-0.39, 0.29) is 17.2 Å². The number of rotatable bonds is 10. The van der Waals surface area contributed by atoms with Crippen molar-refractivity contribution in [3.05, 3.63) is 66.0 Å². The van der Waals surface area contributed by atoms with Crippen molar-refractivity contribution in [3.63, 3.8) is 0 Å². The van der Waals surface area contributed by atoms with Crippen molar-refractivity contribution in [2.24, 2.45) is 0 Å². The summed E-state index contributed by atoms with van der Waals surface area (Å²) >= 11 is 0. The van der Waals surface area contributed by atoms with E-state index in [1.165, 1.54) is 0 Å². The van der Waals surface area contributed by atoms with Gasteiger partial charge in [0.2, 0.25) is 5.91 Å². The number of sulfone groups is 1. The predicted molar refractivity (Wildman–Crippen MR) is 141 cm³/mol. The van der Waals surface area contributed by atoms with Gasteiger partial charge in [0.1, 0.15) is 17.5 Å². The molecule has 1 aromatic heterocycles. The minimum Gasteiger partial charge on any atom is -0.357 e. The number of nitrogens with one attached hydrogen (secondary N) is 2. The summed E-state index contributed by atoms with van der Waals surface area (Å²) in [5, 5.41) is 5.68. The second kappa shape index (κ2) is 11.3. The van der Waals surface area contributed by atoms with Crippen LogP contribution >= 0.6 is 0 Å². The highest BCUT2D eigenvalue weighted by Crippen LogP contribution is 2.22. The second-order valence-electron chi connectivity index (χ2n) is 8.50. The first kappa shape index (κ1) is 26.2. The fourth-order valence-electron chi connectivity index (χ4n) is 3.57. The smallest absolute Gasteiger partial charge is 0.228 e. The van der Waals surface area contributed by atoms with Gasteiger partial charge in [0.15, 0.2) is 9.84 Å². The molecule has 0 aliphatic carbocycles. The molecule has 9 heteroatoms. The van der Waals surface area contributed by atoms with Gasteiger partial charge in [-0.25, -0.2) is 18.4 Å². The average molecular weight is 496 g/mol. The SMILES string of the molecule is CCN(CC)c1cc(Nc2ccc(NC(=O)Cc3ccc(S(=O)(=O)C(C)C)cc3)cc2)nc(C)n1. The van der Waals surface area contributed by atoms with Gasteiger partial charge in [-0.3, -0.25) is 4.79 Å². The largest absolute Gasteiger partial charge is 0.357 e. The third-order valence-electron chi connectivity index (χ3n) is 5.59. The maximum absolute atomic E-state index is 12.5. The van der Waals surface area contributed by atoms with Crippen LogP contribution in [-0.4, -0.2) is 42.6 Å². The van der Waals surface area contributed by atoms with Crippen LogP contribution in [0.25, 0.3) is 0 Å². The first-order valence-electron chi connectivity index (χ1n) is 11.7. The van der Waals surface area contributed by atoms with E-state index in [2.05, 4.69) is 39.3 Å². The molecule has 0 atom stereocenters. The summed E-state index contributed by atoms with van der Waals surface area (Å²) in [6, 6.07) is 15.8. The van der Waals surface area contributed by atoms with E-state index in [0.717, 1.165) is 30.2 Å². The molecular weight excluding hydrogens is 462 g/mol. The van der Waals surface area contributed by atoms with Crippen LogP contribution < -0.4 is 15.5 Å². The molecule has 0 aliphatic rings. The van der Waals surface area contributed by atoms with Crippen LogP contribution in [0.1, 0.15) is 39.1 Å². The number of anilines is 4. The van der Waals surface area contributed by atoms with Gasteiger partial charge >= 0.3 is 0 Å². The molecule has 3 rings (SSSR count). The Kier molecular flexibility index (Phi) is 8.45. The van der Waals surface area contributed by atoms with Crippen molar-refractivity contribution in [1.82, 2.24) is 9.97 Å². The summed E-state index contributed by atoms with van der Waals surface area (Å²) in [6.07, 6.45) is 0.149. The Labute approximate surface area is 207 Å². The van der Waals surface area contributed by atoms with Crippen LogP contribution in [0.3, 0.4) is 0 Å². The van der Waals surface area contributed by atoms with E-state index in [4.69, 9.17) is 0 Å². The van der Waals surface area contributed by atoms with Gasteiger partial charge in [-0.05, 0) is 76.6 Å². The van der Waals surface area contributed by atoms with Crippen molar-refractivity contribution in [2.45, 2.75) is 51.2 Å². The summed E-state index contributed by atoms with van der Waals surface area (Å²) < 4.78 is 24.5. The Bertz CT molecular complexity index is 1250. The number of aromatic nitrogens is 2. The molecular formula is C26H33N5O3S. The second-order valence-corrected chi connectivity index (χ2v) is 11.0. The molecule has 2 aromatic carbocycles. The van der Waals surface area contributed by atoms with Gasteiger partial charge in [-0.2, -0.15) is 0 Å². The Balaban J connectivity index is 1.61. The molecule has 2 N–H and O–H groups in total. The molecule has 0 aliphatic heterocycles. The van der Waals surface area contributed by atoms with E-state index in [1.807, 2.05) is 37.3 Å². The average Bonchev–Trinajstić information content (AvgIpc) is 2.81. The maximum Gasteiger partial charge on any atom is 0.228 e. The van der Waals surface area contributed by atoms with Crippen LogP contribution in [0.2, 0.25) is 0 Å². The van der Waals surface area contributed by atoms with E-state index in [0.29, 0.717) is 17.3 Å². The van der Waals surface area contributed by atoms with Crippen LogP contribution in [0.5, 0.6) is 0 Å². The van der Waals surface area contributed by atoms with Crippen molar-refractivity contribution in [3.8, 4) is 0 Å². The van der Waals surface area contributed by atoms with E-state index in [9.17, 15) is 13.2 Å². The molecule has 0 spiro atoms. The van der Waals surface area contributed by atoms with Crippen LogP contribution in [-0.2, 0) is 21.1 Å². The predicted octanol–water partition coefficient (Wildman–Crippen LogP) is 4.74. The first-order chi connectivity index (χ1) is 16.6. The summed E-state index contributed by atoms with van der Waals surface area (Å²) in [5.41, 5.74) is 2.25. The van der Waals surface area contributed by atoms with Gasteiger partial charge in [-0.1, -0.05) is 12.1 Å². The third kappa shape index (κ3) is 6.79. The normalized spacial score (nSPS) is 11.4. The van der Waals surface area contributed by atoms with Gasteiger partial charge < -0.3 is 15.5 Å². The molecule has 1 amide bonds. The first-order valence-corrected chi connectivity index (χ1v) is 13.3. The standard InChI is InChI=1S/C26H33N5O3S/c1-6-31(7-2)25-17-24(27-19(5)28-25)29-21-10-12-22(13-11-21)30-26(32)16-20-8-14-23(15-9-20)35(33,34)18(3)4/h8-15,17-18H,6-7,16H2,1-5H3,(H,30,32)(H,27,28,29). The van der Waals surface area contributed by atoms with E-state index in [1.54, 1.807) is 38.1 Å². The Morgan fingerprint density at radius 1 is 0.943 bits per heavy atom. The van der Waals surface area contributed by atoms with Crippen molar-refractivity contribution in [1.29, 1.82) is 0 Å². The van der Waals surface area contributed by atoms with Gasteiger partial charge in [0, 0.05) is 30.5 Å². The van der Waals surface area contributed by atoms with E-state index < -0.39 is 15.1 Å². The molecule has 8 nitrogen and oxygen atoms in total. The molecule has 3 aromatic rings. The third-order valence-corrected chi connectivity index (χ3v) is 7.76. The van der Waals surface area contributed by atoms with Gasteiger partial charge in [0.25, 0.3) is 0 Å². The number of hydrogen-bond donors (Lipinski definition) is 2. The van der Waals surface area contributed by atoms with Gasteiger partial charge in [0.05, 0.1) is 16.6 Å². The minimum absolute atomic E-state index is 0.149. The maximum atomic E-state index is 12.5. The number of benzene rings is 2. The highest BCUT2D eigenvalue weighted by atomic mass is 32.2. The topological polar surface area (TPSA) is 104 Å². The Morgan fingerprint density at radius 2 is 1.54 bits per heavy atom. The zero-order chi connectivity index (χ0) is 25.6. The van der Waals surface area contributed by atoms with E-state index >= 15 is 0 Å². The number of hydrogen-bond acceptors (Lipinski definition) is 7. The number of carbonyl (C=O) groups excluding carboxylic acids is 1. The Morgan fingerprint density at radius 3 is 2.11 bits per heavy atom. The Hall–Kier alpha value is -3.46. The molecule has 186 valence electrons. The highest BCUT2D eigenvalue weighted by Gasteiger charge is 2.19. The molecule has 35 heavy (non-hydrogen) atoms. The molecule has 0 radical (unpaired) electrons. The summed E-state index contributed by atoms with van der Waals surface area (Å²) in [7, 11) is -3.33. The number of nitrogens with zero attached hydrogens (tertiary/aromatic N) is 3. The molecule has 0 fully saturated rings. The zero-order valence-corrected chi connectivity index (χ0v) is 21.7. The molecule has 1 heterocycles. The van der Waals surface area contributed by atoms with Crippen molar-refractivity contribution < 1.29 is 13.2 Å². The van der Waals surface area contributed by atoms with Crippen LogP contribution in [0.15, 0.2) is 59.5 Å². The summed E-state index contributed by atoms with van der Waals surface area (Å²) in [5.74, 6) is 2.10. The lowest BCUT2D eigenvalue weighted by molar-refractivity contribution is -0.115. The molecule has 0 saturated carbocycles. The highest BCUT2D eigenvalue weighted by molar-refractivity contribution is 7.92. The lowest BCUT2D eigenvalue weighted by Crippen LogP contribution is -2.23. The molecule has 0 bridgehead atoms. The van der Waals surface area contributed by atoms with Gasteiger partial charge in [-0.15, -0.1) is 0 Å². The monoisotopic (exact) mass is 495 g/mol. The number of amides is 1. The number of aryl methyl sites for hydroxylation is 1. The quantitative estimate of drug-likeness (QED) is 0.419. The van der Waals surface area contributed by atoms with Crippen molar-refractivity contribution >= 4 is 38.8 Å². The number of carbonyl (C=O) groups is 1. The lowest BCUT2D eigenvalue weighted by Gasteiger charge is -2.20. The fourth-order valence-corrected chi connectivity index (χ4v) is 4.63. The molecule has 0 unspecified atom stereocenters. The summed E-state index contributed by atoms with van der Waals surface area (Å²) in [4.78, 5) is 23.9. The van der Waals surface area contributed by atoms with Crippen LogP contribution in [0.4, 0.5) is 23.0 Å². The zero-order valence-electron chi connectivity index (χ0n) is 20.9.